The average Bonchev–Trinajstić information content (AvgIpc) is 2.35. The van der Waals surface area contributed by atoms with E-state index in [0.717, 1.165) is 0 Å². The molecule has 2 rings (SSSR count). The van der Waals surface area contributed by atoms with Gasteiger partial charge in [0.1, 0.15) is 5.82 Å². The molecule has 64 valence electrons. The molecular formula is C6H10N6. The Morgan fingerprint density at radius 1 is 1.33 bits per heavy atom. The molecule has 0 radical (unpaired) electrons. The summed E-state index contributed by atoms with van der Waals surface area (Å²) in [5, 5.41) is 1.40. The molecule has 0 saturated heterocycles. The van der Waals surface area contributed by atoms with E-state index in [0.29, 0.717) is 24.0 Å². The normalized spacial score (nSPS) is 21.6. The molecule has 0 aromatic carbocycles. The van der Waals surface area contributed by atoms with Crippen molar-refractivity contribution in [1.29, 1.82) is 0 Å². The van der Waals surface area contributed by atoms with Gasteiger partial charge in [0.05, 0.1) is 12.2 Å². The second-order valence-electron chi connectivity index (χ2n) is 2.66. The molecule has 6 nitrogen and oxygen atoms in total. The number of fused-ring (bicyclic) bond motifs is 1. The van der Waals surface area contributed by atoms with Crippen molar-refractivity contribution in [3.05, 3.63) is 23.9 Å². The first-order valence-electron chi connectivity index (χ1n) is 3.50. The van der Waals surface area contributed by atoms with Gasteiger partial charge in [-0.1, -0.05) is 0 Å². The Bertz CT molecular complexity index is 301. The van der Waals surface area contributed by atoms with Crippen molar-refractivity contribution in [1.82, 2.24) is 9.91 Å². The SMILES string of the molecule is NC1=C(N)N=C2N(N)C=CN2C1. The van der Waals surface area contributed by atoms with Gasteiger partial charge < -0.3 is 16.4 Å². The molecule has 2 aliphatic heterocycles. The lowest BCUT2D eigenvalue weighted by molar-refractivity contribution is 0.508. The molecule has 0 fully saturated rings. The fraction of sp³-hybridized carbons (Fsp3) is 0.167. The summed E-state index contributed by atoms with van der Waals surface area (Å²) in [5.41, 5.74) is 11.7. The molecule has 2 aliphatic rings. The van der Waals surface area contributed by atoms with E-state index < -0.39 is 0 Å². The quantitative estimate of drug-likeness (QED) is 0.377. The van der Waals surface area contributed by atoms with E-state index >= 15 is 0 Å². The summed E-state index contributed by atoms with van der Waals surface area (Å²) in [6.45, 7) is 0.550. The van der Waals surface area contributed by atoms with E-state index in [4.69, 9.17) is 17.3 Å². The van der Waals surface area contributed by atoms with Gasteiger partial charge in [0, 0.05) is 12.4 Å². The first kappa shape index (κ1) is 6.99. The summed E-state index contributed by atoms with van der Waals surface area (Å²) < 4.78 is 0. The van der Waals surface area contributed by atoms with Crippen LogP contribution in [0.4, 0.5) is 0 Å². The van der Waals surface area contributed by atoms with Gasteiger partial charge in [0.15, 0.2) is 0 Å². The van der Waals surface area contributed by atoms with Crippen molar-refractivity contribution >= 4 is 5.96 Å². The van der Waals surface area contributed by atoms with E-state index in [2.05, 4.69) is 4.99 Å². The first-order chi connectivity index (χ1) is 5.68. The number of aliphatic imine (C=N–C) groups is 1. The van der Waals surface area contributed by atoms with Crippen LogP contribution in [0.5, 0.6) is 0 Å². The molecule has 0 spiro atoms. The Hall–Kier alpha value is -1.69. The van der Waals surface area contributed by atoms with Crippen LogP contribution in [0.2, 0.25) is 0 Å². The van der Waals surface area contributed by atoms with Crippen LogP contribution in [-0.4, -0.2) is 22.4 Å². The molecule has 0 unspecified atom stereocenters. The zero-order valence-corrected chi connectivity index (χ0v) is 6.44. The minimum Gasteiger partial charge on any atom is -0.398 e. The fourth-order valence-electron chi connectivity index (χ4n) is 1.12. The van der Waals surface area contributed by atoms with Gasteiger partial charge in [-0.2, -0.15) is 4.99 Å². The van der Waals surface area contributed by atoms with E-state index in [1.54, 1.807) is 12.4 Å². The van der Waals surface area contributed by atoms with Gasteiger partial charge >= 0.3 is 0 Å². The molecule has 6 N–H and O–H groups in total. The summed E-state index contributed by atoms with van der Waals surface area (Å²) >= 11 is 0. The minimum atomic E-state index is 0.348. The smallest absolute Gasteiger partial charge is 0.226 e. The molecular weight excluding hydrogens is 156 g/mol. The van der Waals surface area contributed by atoms with Crippen LogP contribution >= 0.6 is 0 Å². The minimum absolute atomic E-state index is 0.348. The maximum atomic E-state index is 5.59. The van der Waals surface area contributed by atoms with Crippen molar-refractivity contribution < 1.29 is 0 Å². The van der Waals surface area contributed by atoms with Crippen LogP contribution in [0.25, 0.3) is 0 Å². The summed E-state index contributed by atoms with van der Waals surface area (Å²) in [5.74, 6) is 6.51. The Labute approximate surface area is 69.6 Å². The number of hydrogen-bond donors (Lipinski definition) is 3. The van der Waals surface area contributed by atoms with Crippen molar-refractivity contribution in [2.75, 3.05) is 6.54 Å². The number of rotatable bonds is 0. The summed E-state index contributed by atoms with van der Waals surface area (Å²) in [4.78, 5) is 5.84. The number of guanidine groups is 1. The predicted molar refractivity (Wildman–Crippen MR) is 44.7 cm³/mol. The molecule has 0 aromatic rings. The number of hydrogen-bond acceptors (Lipinski definition) is 6. The molecule has 0 aromatic heterocycles. The number of nitrogens with two attached hydrogens (primary N) is 3. The van der Waals surface area contributed by atoms with Crippen LogP contribution in [0.15, 0.2) is 28.9 Å². The highest BCUT2D eigenvalue weighted by molar-refractivity contribution is 5.85. The second kappa shape index (κ2) is 2.15. The van der Waals surface area contributed by atoms with Crippen molar-refractivity contribution in [2.24, 2.45) is 22.3 Å². The second-order valence-corrected chi connectivity index (χ2v) is 2.66. The lowest BCUT2D eigenvalue weighted by Gasteiger charge is -2.24. The molecule has 0 aliphatic carbocycles. The van der Waals surface area contributed by atoms with Crippen LogP contribution < -0.4 is 17.3 Å². The van der Waals surface area contributed by atoms with Crippen LogP contribution in [0, 0.1) is 0 Å². The lowest BCUT2D eigenvalue weighted by atomic mass is 10.4. The van der Waals surface area contributed by atoms with Gasteiger partial charge in [-0.3, -0.25) is 5.01 Å². The average molecular weight is 166 g/mol. The van der Waals surface area contributed by atoms with Gasteiger partial charge in [0.25, 0.3) is 0 Å². The first-order valence-corrected chi connectivity index (χ1v) is 3.50. The Kier molecular flexibility index (Phi) is 1.25. The summed E-state index contributed by atoms with van der Waals surface area (Å²) in [6.07, 6.45) is 3.50. The molecule has 0 bridgehead atoms. The van der Waals surface area contributed by atoms with E-state index in [1.165, 1.54) is 5.01 Å². The van der Waals surface area contributed by atoms with Gasteiger partial charge in [0.2, 0.25) is 5.96 Å². The standard InChI is InChI=1S/C6H10N6/c7-4-3-11-1-2-12(9)6(11)10-5(4)8/h1-2H,3,7-9H2. The lowest BCUT2D eigenvalue weighted by Crippen LogP contribution is -2.42. The number of nitrogens with zero attached hydrogens (tertiary/aromatic N) is 3. The van der Waals surface area contributed by atoms with Crippen molar-refractivity contribution in [3.63, 3.8) is 0 Å². The Morgan fingerprint density at radius 2 is 2.08 bits per heavy atom. The topological polar surface area (TPSA) is 96.9 Å². The highest BCUT2D eigenvalue weighted by Crippen LogP contribution is 2.14. The third-order valence-electron chi connectivity index (χ3n) is 1.79. The molecule has 6 heteroatoms. The fourth-order valence-corrected chi connectivity index (χ4v) is 1.12. The van der Waals surface area contributed by atoms with E-state index in [-0.39, 0.29) is 0 Å². The molecule has 2 heterocycles. The van der Waals surface area contributed by atoms with E-state index in [9.17, 15) is 0 Å². The molecule has 0 saturated carbocycles. The molecule has 0 atom stereocenters. The van der Waals surface area contributed by atoms with Crippen LogP contribution in [-0.2, 0) is 0 Å². The third-order valence-corrected chi connectivity index (χ3v) is 1.79. The predicted octanol–water partition coefficient (Wildman–Crippen LogP) is -1.59. The summed E-state index contributed by atoms with van der Waals surface area (Å²) in [7, 11) is 0. The van der Waals surface area contributed by atoms with Gasteiger partial charge in [-0.05, 0) is 0 Å². The molecule has 12 heavy (non-hydrogen) atoms. The van der Waals surface area contributed by atoms with Crippen LogP contribution in [0.3, 0.4) is 0 Å². The highest BCUT2D eigenvalue weighted by atomic mass is 15.5. The Balaban J connectivity index is 2.36. The highest BCUT2D eigenvalue weighted by Gasteiger charge is 2.24. The van der Waals surface area contributed by atoms with E-state index in [1.807, 2.05) is 4.90 Å². The van der Waals surface area contributed by atoms with Crippen molar-refractivity contribution in [2.45, 2.75) is 0 Å². The zero-order valence-electron chi connectivity index (χ0n) is 6.44. The third kappa shape index (κ3) is 0.817. The largest absolute Gasteiger partial charge is 0.398 e. The molecule has 0 amide bonds. The summed E-state index contributed by atoms with van der Waals surface area (Å²) in [6, 6.07) is 0. The van der Waals surface area contributed by atoms with Crippen LogP contribution in [0.1, 0.15) is 0 Å². The van der Waals surface area contributed by atoms with Gasteiger partial charge in [-0.25, -0.2) is 5.84 Å². The van der Waals surface area contributed by atoms with Crippen molar-refractivity contribution in [3.8, 4) is 0 Å². The zero-order chi connectivity index (χ0) is 8.72. The Morgan fingerprint density at radius 3 is 2.83 bits per heavy atom. The van der Waals surface area contributed by atoms with Gasteiger partial charge in [-0.15, -0.1) is 0 Å². The number of hydrazine groups is 1. The monoisotopic (exact) mass is 166 g/mol. The maximum Gasteiger partial charge on any atom is 0.226 e. The maximum absolute atomic E-state index is 5.59.